The van der Waals surface area contributed by atoms with Crippen molar-refractivity contribution >= 4 is 35.1 Å². The highest BCUT2D eigenvalue weighted by atomic mass is 32.1. The Morgan fingerprint density at radius 1 is 1.19 bits per heavy atom. The molecule has 2 amide bonds. The van der Waals surface area contributed by atoms with E-state index in [0.29, 0.717) is 24.3 Å². The molecule has 0 aliphatic carbocycles. The third-order valence-corrected chi connectivity index (χ3v) is 3.26. The summed E-state index contributed by atoms with van der Waals surface area (Å²) >= 11 is 4.93. The van der Waals surface area contributed by atoms with E-state index < -0.39 is 17.8 Å². The monoisotopic (exact) mass is 393 g/mol. The molecule has 0 atom stereocenters. The van der Waals surface area contributed by atoms with Gasteiger partial charge < -0.3 is 14.8 Å². The predicted molar refractivity (Wildman–Crippen MR) is 104 cm³/mol. The molecule has 0 spiro atoms. The van der Waals surface area contributed by atoms with Crippen LogP contribution >= 0.6 is 12.2 Å². The van der Waals surface area contributed by atoms with Crippen LogP contribution in [0.5, 0.6) is 5.75 Å². The van der Waals surface area contributed by atoms with Crippen LogP contribution in [0.1, 0.15) is 36.5 Å². The highest BCUT2D eigenvalue weighted by Crippen LogP contribution is 2.17. The van der Waals surface area contributed by atoms with Gasteiger partial charge >= 0.3 is 5.97 Å². The molecule has 0 saturated carbocycles. The van der Waals surface area contributed by atoms with E-state index >= 15 is 0 Å². The zero-order valence-corrected chi connectivity index (χ0v) is 15.9. The first-order valence-electron chi connectivity index (χ1n) is 8.36. The second-order valence-corrected chi connectivity index (χ2v) is 5.68. The van der Waals surface area contributed by atoms with Gasteiger partial charge in [0, 0.05) is 6.42 Å². The van der Waals surface area contributed by atoms with Gasteiger partial charge in [0.1, 0.15) is 12.4 Å². The zero-order chi connectivity index (χ0) is 20.1. The van der Waals surface area contributed by atoms with Gasteiger partial charge in [0.25, 0.3) is 5.91 Å². The fourth-order valence-corrected chi connectivity index (χ4v) is 2.00. The summed E-state index contributed by atoms with van der Waals surface area (Å²) < 4.78 is 10.3. The normalized spacial score (nSPS) is 9.67. The van der Waals surface area contributed by atoms with Crippen molar-refractivity contribution in [2.24, 2.45) is 0 Å². The summed E-state index contributed by atoms with van der Waals surface area (Å²) in [5.41, 5.74) is 5.09. The number of carbonyl (C=O) groups excluding carboxylic acids is 3. The van der Waals surface area contributed by atoms with E-state index in [1.54, 1.807) is 30.3 Å². The predicted octanol–water partition coefficient (Wildman–Crippen LogP) is 1.62. The lowest BCUT2D eigenvalue weighted by atomic mass is 10.2. The molecule has 27 heavy (non-hydrogen) atoms. The molecule has 1 rings (SSSR count). The Morgan fingerprint density at radius 2 is 1.93 bits per heavy atom. The Kier molecular flexibility index (Phi) is 10.2. The first kappa shape index (κ1) is 22.1. The lowest BCUT2D eigenvalue weighted by molar-refractivity contribution is -0.144. The summed E-state index contributed by atoms with van der Waals surface area (Å²) in [4.78, 5) is 35.3. The topological polar surface area (TPSA) is 106 Å². The number of hydrogen-bond donors (Lipinski definition) is 3. The summed E-state index contributed by atoms with van der Waals surface area (Å²) in [5, 5.41) is 2.26. The van der Waals surface area contributed by atoms with E-state index in [2.05, 4.69) is 22.7 Å². The summed E-state index contributed by atoms with van der Waals surface area (Å²) in [6.45, 7) is 6.01. The van der Waals surface area contributed by atoms with Crippen LogP contribution < -0.4 is 20.9 Å². The molecule has 146 valence electrons. The van der Waals surface area contributed by atoms with E-state index in [0.717, 1.165) is 0 Å². The molecule has 3 N–H and O–H groups in total. The average Bonchev–Trinajstić information content (AvgIpc) is 2.67. The Morgan fingerprint density at radius 3 is 2.63 bits per heavy atom. The van der Waals surface area contributed by atoms with Crippen LogP contribution in [0, 0.1) is 0 Å². The molecule has 0 saturated heterocycles. The maximum Gasteiger partial charge on any atom is 0.306 e. The van der Waals surface area contributed by atoms with Crippen molar-refractivity contribution in [1.29, 1.82) is 0 Å². The number of thiocarbonyl (C=S) groups is 1. The molecule has 0 aliphatic rings. The number of para-hydroxylation sites is 1. The van der Waals surface area contributed by atoms with Crippen molar-refractivity contribution in [3.63, 3.8) is 0 Å². The second kappa shape index (κ2) is 12.4. The maximum absolute atomic E-state index is 12.2. The van der Waals surface area contributed by atoms with Gasteiger partial charge in [0.05, 0.1) is 18.6 Å². The van der Waals surface area contributed by atoms with E-state index in [1.165, 1.54) is 0 Å². The molecule has 0 heterocycles. The number of rotatable bonds is 9. The fraction of sp³-hybridized carbons (Fsp3) is 0.333. The molecule has 0 fully saturated rings. The lowest BCUT2D eigenvalue weighted by Crippen LogP contribution is -2.48. The first-order chi connectivity index (χ1) is 13.0. The van der Waals surface area contributed by atoms with E-state index in [9.17, 15) is 14.4 Å². The molecule has 0 radical (unpaired) electrons. The van der Waals surface area contributed by atoms with Crippen molar-refractivity contribution < 1.29 is 23.9 Å². The number of benzene rings is 1. The largest absolute Gasteiger partial charge is 0.489 e. The van der Waals surface area contributed by atoms with Crippen LogP contribution in [0.3, 0.4) is 0 Å². The number of carbonyl (C=O) groups is 3. The number of esters is 1. The van der Waals surface area contributed by atoms with Gasteiger partial charge in [-0.05, 0) is 30.8 Å². The summed E-state index contributed by atoms with van der Waals surface area (Å²) in [5.74, 6) is -1.02. The van der Waals surface area contributed by atoms with Gasteiger partial charge in [0.2, 0.25) is 5.91 Å². The van der Waals surface area contributed by atoms with Gasteiger partial charge in [-0.15, -0.1) is 0 Å². The zero-order valence-electron chi connectivity index (χ0n) is 15.1. The minimum atomic E-state index is -0.491. The number of nitrogens with one attached hydrogen (secondary N) is 3. The van der Waals surface area contributed by atoms with Crippen molar-refractivity contribution in [3.05, 3.63) is 42.5 Å². The van der Waals surface area contributed by atoms with Crippen LogP contribution in [-0.4, -0.2) is 36.1 Å². The molecule has 0 aromatic heterocycles. The van der Waals surface area contributed by atoms with E-state index in [1.807, 2.05) is 6.92 Å². The van der Waals surface area contributed by atoms with E-state index in [-0.39, 0.29) is 24.6 Å². The van der Waals surface area contributed by atoms with Crippen molar-refractivity contribution in [3.8, 4) is 5.75 Å². The minimum Gasteiger partial charge on any atom is -0.489 e. The van der Waals surface area contributed by atoms with Crippen LogP contribution in [0.2, 0.25) is 0 Å². The summed E-state index contributed by atoms with van der Waals surface area (Å²) in [6.07, 6.45) is 2.16. The van der Waals surface area contributed by atoms with E-state index in [4.69, 9.17) is 21.7 Å². The van der Waals surface area contributed by atoms with Crippen molar-refractivity contribution in [1.82, 2.24) is 16.2 Å². The Bertz CT molecular complexity index is 693. The SMILES string of the molecule is C=CCOc1ccccc1C(=O)NNC(=S)NC(=O)CCC(=O)OCCC. The van der Waals surface area contributed by atoms with Gasteiger partial charge in [0.15, 0.2) is 5.11 Å². The molecular weight excluding hydrogens is 370 g/mol. The number of hydrazine groups is 1. The molecule has 8 nitrogen and oxygen atoms in total. The van der Waals surface area contributed by atoms with Gasteiger partial charge in [-0.2, -0.15) is 0 Å². The second-order valence-electron chi connectivity index (χ2n) is 5.27. The van der Waals surface area contributed by atoms with Gasteiger partial charge in [-0.25, -0.2) is 0 Å². The Hall–Kier alpha value is -2.94. The average molecular weight is 393 g/mol. The lowest BCUT2D eigenvalue weighted by Gasteiger charge is -2.13. The summed E-state index contributed by atoms with van der Waals surface area (Å²) in [6, 6.07) is 6.65. The third kappa shape index (κ3) is 8.82. The van der Waals surface area contributed by atoms with Crippen LogP contribution in [0.15, 0.2) is 36.9 Å². The number of ether oxygens (including phenoxy) is 2. The highest BCUT2D eigenvalue weighted by molar-refractivity contribution is 7.80. The Labute approximate surface area is 163 Å². The molecular formula is C18H23N3O5S. The van der Waals surface area contributed by atoms with Gasteiger partial charge in [-0.3, -0.25) is 25.2 Å². The number of amides is 2. The molecule has 0 unspecified atom stereocenters. The van der Waals surface area contributed by atoms with Crippen LogP contribution in [-0.2, 0) is 14.3 Å². The molecule has 9 heteroatoms. The smallest absolute Gasteiger partial charge is 0.306 e. The number of hydrogen-bond acceptors (Lipinski definition) is 6. The van der Waals surface area contributed by atoms with Crippen LogP contribution in [0.25, 0.3) is 0 Å². The van der Waals surface area contributed by atoms with Crippen molar-refractivity contribution in [2.75, 3.05) is 13.2 Å². The van der Waals surface area contributed by atoms with Gasteiger partial charge in [-0.1, -0.05) is 31.7 Å². The fourth-order valence-electron chi connectivity index (χ4n) is 1.83. The minimum absolute atomic E-state index is 0.0468. The van der Waals surface area contributed by atoms with Crippen molar-refractivity contribution in [2.45, 2.75) is 26.2 Å². The summed E-state index contributed by atoms with van der Waals surface area (Å²) in [7, 11) is 0. The van der Waals surface area contributed by atoms with Crippen LogP contribution in [0.4, 0.5) is 0 Å². The first-order valence-corrected chi connectivity index (χ1v) is 8.77. The Balaban J connectivity index is 2.41. The quantitative estimate of drug-likeness (QED) is 0.253. The molecule has 0 aliphatic heterocycles. The standard InChI is InChI=1S/C18H23N3O5S/c1-3-11-25-14-8-6-5-7-13(14)17(24)20-21-18(27)19-15(22)9-10-16(23)26-12-4-2/h3,5-8H,1,4,9-12H2,2H3,(H,20,24)(H2,19,21,22,27). The molecule has 1 aromatic carbocycles. The maximum atomic E-state index is 12.2. The highest BCUT2D eigenvalue weighted by Gasteiger charge is 2.13. The third-order valence-electron chi connectivity index (χ3n) is 3.05. The molecule has 1 aromatic rings. The molecule has 0 bridgehead atoms.